The summed E-state index contributed by atoms with van der Waals surface area (Å²) in [5.41, 5.74) is 2.46. The summed E-state index contributed by atoms with van der Waals surface area (Å²) in [6, 6.07) is 25.7. The van der Waals surface area contributed by atoms with Crippen molar-refractivity contribution in [3.63, 3.8) is 0 Å². The Kier molecular flexibility index (Phi) is 6.27. The van der Waals surface area contributed by atoms with E-state index in [0.717, 1.165) is 16.9 Å². The first-order valence-corrected chi connectivity index (χ1v) is 8.81. The molecule has 28 heavy (non-hydrogen) atoms. The largest absolute Gasteiger partial charge is 0.497 e. The topological polar surface area (TPSA) is 71.3 Å². The molecule has 140 valence electrons. The van der Waals surface area contributed by atoms with Crippen molar-refractivity contribution < 1.29 is 14.3 Å². The number of hydrogen-bond acceptors (Lipinski definition) is 4. The highest BCUT2D eigenvalue weighted by molar-refractivity contribution is 5.78. The molecule has 1 amide bonds. The van der Waals surface area contributed by atoms with E-state index in [9.17, 15) is 4.79 Å². The van der Waals surface area contributed by atoms with Gasteiger partial charge in [-0.05, 0) is 47.5 Å². The second-order valence-corrected chi connectivity index (χ2v) is 6.11. The number of benzene rings is 3. The molecule has 3 aromatic carbocycles. The molecule has 5 heteroatoms. The van der Waals surface area contributed by atoms with E-state index in [4.69, 9.17) is 14.7 Å². The zero-order valence-corrected chi connectivity index (χ0v) is 15.5. The van der Waals surface area contributed by atoms with Crippen molar-refractivity contribution >= 4 is 5.91 Å². The van der Waals surface area contributed by atoms with Crippen LogP contribution in [-0.2, 0) is 4.79 Å². The Morgan fingerprint density at radius 3 is 2.14 bits per heavy atom. The zero-order valence-electron chi connectivity index (χ0n) is 15.5. The van der Waals surface area contributed by atoms with E-state index >= 15 is 0 Å². The van der Waals surface area contributed by atoms with Crippen molar-refractivity contribution in [3.8, 4) is 17.6 Å². The van der Waals surface area contributed by atoms with Gasteiger partial charge in [0.05, 0.1) is 24.8 Å². The highest BCUT2D eigenvalue weighted by Crippen LogP contribution is 2.24. The van der Waals surface area contributed by atoms with Crippen LogP contribution in [0.25, 0.3) is 0 Å². The SMILES string of the molecule is COc1ccc([C@@H](NC(=O)COc2ccc(C#N)cc2)c2ccccc2)cc1. The maximum Gasteiger partial charge on any atom is 0.258 e. The summed E-state index contributed by atoms with van der Waals surface area (Å²) < 4.78 is 10.7. The van der Waals surface area contributed by atoms with E-state index in [1.165, 1.54) is 0 Å². The molecule has 0 saturated heterocycles. The van der Waals surface area contributed by atoms with Gasteiger partial charge < -0.3 is 14.8 Å². The number of methoxy groups -OCH3 is 1. The minimum Gasteiger partial charge on any atom is -0.497 e. The fourth-order valence-corrected chi connectivity index (χ4v) is 2.78. The van der Waals surface area contributed by atoms with E-state index in [0.29, 0.717) is 11.3 Å². The zero-order chi connectivity index (χ0) is 19.8. The molecule has 0 saturated carbocycles. The number of nitrogens with one attached hydrogen (secondary N) is 1. The Balaban J connectivity index is 1.71. The lowest BCUT2D eigenvalue weighted by Gasteiger charge is -2.20. The first-order valence-electron chi connectivity index (χ1n) is 8.81. The molecule has 0 aliphatic rings. The Hall–Kier alpha value is -3.78. The predicted molar refractivity (Wildman–Crippen MR) is 106 cm³/mol. The number of ether oxygens (including phenoxy) is 2. The molecule has 1 N–H and O–H groups in total. The van der Waals surface area contributed by atoms with E-state index in [1.807, 2.05) is 60.7 Å². The monoisotopic (exact) mass is 372 g/mol. The smallest absolute Gasteiger partial charge is 0.258 e. The average Bonchev–Trinajstić information content (AvgIpc) is 2.77. The van der Waals surface area contributed by atoms with E-state index in [-0.39, 0.29) is 18.6 Å². The van der Waals surface area contributed by atoms with Crippen LogP contribution in [0.15, 0.2) is 78.9 Å². The number of carbonyl (C=O) groups excluding carboxylic acids is 1. The molecule has 5 nitrogen and oxygen atoms in total. The van der Waals surface area contributed by atoms with Crippen LogP contribution in [0.5, 0.6) is 11.5 Å². The summed E-state index contributed by atoms with van der Waals surface area (Å²) in [6.07, 6.45) is 0. The van der Waals surface area contributed by atoms with Gasteiger partial charge >= 0.3 is 0 Å². The van der Waals surface area contributed by atoms with Crippen molar-refractivity contribution in [2.75, 3.05) is 13.7 Å². The number of amides is 1. The third kappa shape index (κ3) is 4.89. The molecule has 1 atom stereocenters. The van der Waals surface area contributed by atoms with Gasteiger partial charge in [-0.25, -0.2) is 0 Å². The summed E-state index contributed by atoms with van der Waals surface area (Å²) in [5.74, 6) is 1.05. The Bertz CT molecular complexity index is 946. The number of rotatable bonds is 7. The van der Waals surface area contributed by atoms with Crippen LogP contribution in [0.3, 0.4) is 0 Å². The van der Waals surface area contributed by atoms with Crippen LogP contribution in [-0.4, -0.2) is 19.6 Å². The lowest BCUT2D eigenvalue weighted by atomic mass is 9.98. The van der Waals surface area contributed by atoms with Crippen LogP contribution in [0, 0.1) is 11.3 Å². The van der Waals surface area contributed by atoms with Gasteiger partial charge in [0.2, 0.25) is 0 Å². The molecule has 0 unspecified atom stereocenters. The number of hydrogen-bond donors (Lipinski definition) is 1. The molecule has 0 heterocycles. The number of carbonyl (C=O) groups is 1. The van der Waals surface area contributed by atoms with Crippen LogP contribution >= 0.6 is 0 Å². The summed E-state index contributed by atoms with van der Waals surface area (Å²) in [4.78, 5) is 12.5. The molecular weight excluding hydrogens is 352 g/mol. The molecule has 0 aliphatic heterocycles. The summed E-state index contributed by atoms with van der Waals surface area (Å²) >= 11 is 0. The molecule has 3 rings (SSSR count). The molecule has 0 radical (unpaired) electrons. The second kappa shape index (κ2) is 9.24. The standard InChI is InChI=1S/C23H20N2O3/c1-27-20-13-9-19(10-14-20)23(18-5-3-2-4-6-18)25-22(26)16-28-21-11-7-17(15-24)8-12-21/h2-14,23H,16H2,1H3,(H,25,26)/t23-/m0/s1. The maximum absolute atomic E-state index is 12.5. The fraction of sp³-hybridized carbons (Fsp3) is 0.130. The number of nitriles is 1. The van der Waals surface area contributed by atoms with Crippen LogP contribution in [0.4, 0.5) is 0 Å². The molecule has 3 aromatic rings. The first-order chi connectivity index (χ1) is 13.7. The van der Waals surface area contributed by atoms with Gasteiger partial charge in [0.1, 0.15) is 11.5 Å². The van der Waals surface area contributed by atoms with Crippen molar-refractivity contribution in [2.45, 2.75) is 6.04 Å². The van der Waals surface area contributed by atoms with E-state index in [1.54, 1.807) is 31.4 Å². The Morgan fingerprint density at radius 2 is 1.54 bits per heavy atom. The van der Waals surface area contributed by atoms with Gasteiger partial charge in [0, 0.05) is 0 Å². The third-order valence-corrected chi connectivity index (χ3v) is 4.24. The van der Waals surface area contributed by atoms with E-state index < -0.39 is 0 Å². The van der Waals surface area contributed by atoms with Crippen molar-refractivity contribution in [3.05, 3.63) is 95.6 Å². The highest BCUT2D eigenvalue weighted by atomic mass is 16.5. The van der Waals surface area contributed by atoms with Crippen molar-refractivity contribution in [1.29, 1.82) is 5.26 Å². The summed E-state index contributed by atoms with van der Waals surface area (Å²) in [6.45, 7) is -0.120. The molecule has 0 bridgehead atoms. The Morgan fingerprint density at radius 1 is 0.929 bits per heavy atom. The van der Waals surface area contributed by atoms with E-state index in [2.05, 4.69) is 5.32 Å². The van der Waals surface area contributed by atoms with Crippen LogP contribution in [0.2, 0.25) is 0 Å². The van der Waals surface area contributed by atoms with Crippen molar-refractivity contribution in [2.24, 2.45) is 0 Å². The quantitative estimate of drug-likeness (QED) is 0.684. The maximum atomic E-state index is 12.5. The van der Waals surface area contributed by atoms with Gasteiger partial charge in [0.25, 0.3) is 5.91 Å². The minimum absolute atomic E-state index is 0.120. The van der Waals surface area contributed by atoms with Crippen LogP contribution in [0.1, 0.15) is 22.7 Å². The normalized spacial score (nSPS) is 11.1. The molecular formula is C23H20N2O3. The van der Waals surface area contributed by atoms with Gasteiger partial charge in [-0.3, -0.25) is 4.79 Å². The van der Waals surface area contributed by atoms with Gasteiger partial charge in [-0.1, -0.05) is 42.5 Å². The molecule has 0 aliphatic carbocycles. The molecule has 0 spiro atoms. The van der Waals surface area contributed by atoms with Gasteiger partial charge in [-0.15, -0.1) is 0 Å². The molecule has 0 aromatic heterocycles. The summed E-state index contributed by atoms with van der Waals surface area (Å²) in [5, 5.41) is 11.9. The Labute approximate surface area is 164 Å². The predicted octanol–water partition coefficient (Wildman–Crippen LogP) is 3.85. The minimum atomic E-state index is -0.302. The third-order valence-electron chi connectivity index (χ3n) is 4.24. The lowest BCUT2D eigenvalue weighted by molar-refractivity contribution is -0.123. The number of nitrogens with zero attached hydrogens (tertiary/aromatic N) is 1. The van der Waals surface area contributed by atoms with Gasteiger partial charge in [0.15, 0.2) is 6.61 Å². The van der Waals surface area contributed by atoms with Gasteiger partial charge in [-0.2, -0.15) is 5.26 Å². The fourth-order valence-electron chi connectivity index (χ4n) is 2.78. The highest BCUT2D eigenvalue weighted by Gasteiger charge is 2.17. The average molecular weight is 372 g/mol. The summed E-state index contributed by atoms with van der Waals surface area (Å²) in [7, 11) is 1.62. The molecule has 0 fully saturated rings. The van der Waals surface area contributed by atoms with Crippen LogP contribution < -0.4 is 14.8 Å². The second-order valence-electron chi connectivity index (χ2n) is 6.11. The first kappa shape index (κ1) is 19.0. The van der Waals surface area contributed by atoms with Crippen molar-refractivity contribution in [1.82, 2.24) is 5.32 Å². The lowest BCUT2D eigenvalue weighted by Crippen LogP contribution is -2.33.